The Labute approximate surface area is 95.2 Å². The highest BCUT2D eigenvalue weighted by atomic mass is 32.1. The number of aryl methyl sites for hydroxylation is 1. The van der Waals surface area contributed by atoms with Crippen molar-refractivity contribution in [2.75, 3.05) is 0 Å². The molecule has 0 aliphatic carbocycles. The molecule has 2 aromatic rings. The maximum Gasteiger partial charge on any atom is 0.307 e. The van der Waals surface area contributed by atoms with Gasteiger partial charge in [0.25, 0.3) is 0 Å². The van der Waals surface area contributed by atoms with E-state index in [9.17, 15) is 4.79 Å². The van der Waals surface area contributed by atoms with Gasteiger partial charge in [-0.25, -0.2) is 0 Å². The van der Waals surface area contributed by atoms with Gasteiger partial charge in [-0.15, -0.1) is 0 Å². The predicted molar refractivity (Wildman–Crippen MR) is 69.8 cm³/mol. The summed E-state index contributed by atoms with van der Waals surface area (Å²) in [6.07, 6.45) is 0. The summed E-state index contributed by atoms with van der Waals surface area (Å²) in [5, 5.41) is 0. The van der Waals surface area contributed by atoms with Crippen LogP contribution in [0.5, 0.6) is 0 Å². The van der Waals surface area contributed by atoms with E-state index >= 15 is 0 Å². The number of rotatable bonds is 0. The lowest BCUT2D eigenvalue weighted by molar-refractivity contribution is 0.939. The molecule has 1 aromatic heterocycles. The quantitative estimate of drug-likeness (QED) is 0.670. The maximum atomic E-state index is 11.1. The van der Waals surface area contributed by atoms with E-state index in [1.54, 1.807) is 11.6 Å². The van der Waals surface area contributed by atoms with Crippen molar-refractivity contribution in [2.24, 2.45) is 7.05 Å². The molecule has 1 heterocycles. The molecule has 0 aliphatic heterocycles. The Kier molecular flexibility index (Phi) is 6.71. The van der Waals surface area contributed by atoms with Crippen molar-refractivity contribution in [3.63, 3.8) is 0 Å². The van der Waals surface area contributed by atoms with Crippen LogP contribution in [0.3, 0.4) is 0 Å². The van der Waals surface area contributed by atoms with Crippen LogP contribution in [0.1, 0.15) is 27.7 Å². The van der Waals surface area contributed by atoms with Gasteiger partial charge in [0.1, 0.15) is 0 Å². The summed E-state index contributed by atoms with van der Waals surface area (Å²) < 4.78 is 2.72. The molecule has 0 N–H and O–H groups in total. The summed E-state index contributed by atoms with van der Waals surface area (Å²) in [5.74, 6) is 0. The van der Waals surface area contributed by atoms with E-state index in [0.717, 1.165) is 10.2 Å². The molecule has 0 radical (unpaired) electrons. The maximum absolute atomic E-state index is 11.1. The highest BCUT2D eigenvalue weighted by Crippen LogP contribution is 2.14. The summed E-state index contributed by atoms with van der Waals surface area (Å²) in [5.41, 5.74) is 1.02. The molecule has 0 saturated heterocycles. The van der Waals surface area contributed by atoms with Crippen molar-refractivity contribution in [3.05, 3.63) is 33.9 Å². The average molecular weight is 225 g/mol. The predicted octanol–water partition coefficient (Wildman–Crippen LogP) is 3.65. The number of thiazole rings is 1. The van der Waals surface area contributed by atoms with Crippen molar-refractivity contribution in [2.45, 2.75) is 27.7 Å². The summed E-state index contributed by atoms with van der Waals surface area (Å²) in [7, 11) is 1.79. The second-order valence-electron chi connectivity index (χ2n) is 2.39. The van der Waals surface area contributed by atoms with Gasteiger partial charge in [-0.2, -0.15) is 0 Å². The number of aromatic nitrogens is 1. The SMILES string of the molecule is CC.CC.Cn1c(=O)sc2ccccc21. The van der Waals surface area contributed by atoms with Crippen LogP contribution in [0.25, 0.3) is 10.2 Å². The molecule has 0 bridgehead atoms. The van der Waals surface area contributed by atoms with Crippen LogP contribution in [-0.4, -0.2) is 4.57 Å². The van der Waals surface area contributed by atoms with E-state index in [0.29, 0.717) is 0 Å². The molecule has 2 nitrogen and oxygen atoms in total. The van der Waals surface area contributed by atoms with Crippen molar-refractivity contribution in [1.82, 2.24) is 4.57 Å². The standard InChI is InChI=1S/C8H7NOS.2C2H6/c1-9-6-4-2-3-5-7(6)11-8(9)10;2*1-2/h2-5H,1H3;2*1-2H3. The molecular weight excluding hydrogens is 206 g/mol. The highest BCUT2D eigenvalue weighted by Gasteiger charge is 2.00. The Bertz CT molecular complexity index is 442. The number of benzene rings is 1. The van der Waals surface area contributed by atoms with Crippen molar-refractivity contribution in [3.8, 4) is 0 Å². The largest absolute Gasteiger partial charge is 0.307 e. The third kappa shape index (κ3) is 3.20. The van der Waals surface area contributed by atoms with E-state index in [2.05, 4.69) is 0 Å². The smallest absolute Gasteiger partial charge is 0.302 e. The Balaban J connectivity index is 0.000000442. The molecule has 0 aliphatic rings. The van der Waals surface area contributed by atoms with Crippen LogP contribution >= 0.6 is 11.3 Å². The second-order valence-corrected chi connectivity index (χ2v) is 3.39. The number of hydrogen-bond acceptors (Lipinski definition) is 2. The van der Waals surface area contributed by atoms with Crippen LogP contribution < -0.4 is 4.87 Å². The molecule has 3 heteroatoms. The Morgan fingerprint density at radius 2 is 1.60 bits per heavy atom. The fraction of sp³-hybridized carbons (Fsp3) is 0.417. The average Bonchev–Trinajstić information content (AvgIpc) is 2.61. The summed E-state index contributed by atoms with van der Waals surface area (Å²) in [6, 6.07) is 7.79. The fourth-order valence-electron chi connectivity index (χ4n) is 1.08. The molecule has 2 rings (SSSR count). The molecule has 0 amide bonds. The van der Waals surface area contributed by atoms with Crippen LogP contribution in [0.2, 0.25) is 0 Å². The molecule has 0 saturated carbocycles. The van der Waals surface area contributed by atoms with Gasteiger partial charge in [-0.3, -0.25) is 4.79 Å². The lowest BCUT2D eigenvalue weighted by Gasteiger charge is -1.89. The van der Waals surface area contributed by atoms with Crippen molar-refractivity contribution >= 4 is 21.6 Å². The zero-order valence-electron chi connectivity index (χ0n) is 10.1. The van der Waals surface area contributed by atoms with Gasteiger partial charge in [-0.1, -0.05) is 51.2 Å². The van der Waals surface area contributed by atoms with Crippen molar-refractivity contribution in [1.29, 1.82) is 0 Å². The Morgan fingerprint density at radius 1 is 1.07 bits per heavy atom. The second kappa shape index (κ2) is 7.23. The molecule has 84 valence electrons. The lowest BCUT2D eigenvalue weighted by Crippen LogP contribution is -2.06. The first kappa shape index (κ1) is 13.9. The number of nitrogens with zero attached hydrogens (tertiary/aromatic N) is 1. The molecule has 1 aromatic carbocycles. The molecular formula is C12H19NOS. The first-order valence-corrected chi connectivity index (χ1v) is 6.15. The topological polar surface area (TPSA) is 22.0 Å². The van der Waals surface area contributed by atoms with Gasteiger partial charge < -0.3 is 4.57 Å². The molecule has 0 unspecified atom stereocenters. The molecule has 0 spiro atoms. The Hall–Kier alpha value is -1.09. The van der Waals surface area contributed by atoms with Gasteiger partial charge in [0, 0.05) is 7.05 Å². The van der Waals surface area contributed by atoms with Gasteiger partial charge in [0.2, 0.25) is 0 Å². The number of hydrogen-bond donors (Lipinski definition) is 0. The summed E-state index contributed by atoms with van der Waals surface area (Å²) in [6.45, 7) is 8.00. The van der Waals surface area contributed by atoms with Crippen LogP contribution in [0.15, 0.2) is 29.1 Å². The first-order valence-electron chi connectivity index (χ1n) is 5.33. The van der Waals surface area contributed by atoms with E-state index in [4.69, 9.17) is 0 Å². The minimum Gasteiger partial charge on any atom is -0.302 e. The van der Waals surface area contributed by atoms with E-state index < -0.39 is 0 Å². The minimum absolute atomic E-state index is 0.103. The van der Waals surface area contributed by atoms with E-state index in [1.165, 1.54) is 11.3 Å². The molecule has 0 atom stereocenters. The van der Waals surface area contributed by atoms with Gasteiger partial charge in [-0.05, 0) is 12.1 Å². The highest BCUT2D eigenvalue weighted by molar-refractivity contribution is 7.16. The normalized spacial score (nSPS) is 8.60. The van der Waals surface area contributed by atoms with Gasteiger partial charge >= 0.3 is 4.87 Å². The number of para-hydroxylation sites is 1. The summed E-state index contributed by atoms with van der Waals surface area (Å²) >= 11 is 1.29. The lowest BCUT2D eigenvalue weighted by atomic mass is 10.3. The minimum atomic E-state index is 0.103. The van der Waals surface area contributed by atoms with Crippen LogP contribution in [-0.2, 0) is 7.05 Å². The fourth-order valence-corrected chi connectivity index (χ4v) is 1.96. The Morgan fingerprint density at radius 3 is 2.13 bits per heavy atom. The van der Waals surface area contributed by atoms with Crippen molar-refractivity contribution < 1.29 is 0 Å². The monoisotopic (exact) mass is 225 g/mol. The molecule has 0 fully saturated rings. The van der Waals surface area contributed by atoms with E-state index in [1.807, 2.05) is 52.0 Å². The summed E-state index contributed by atoms with van der Waals surface area (Å²) in [4.78, 5) is 11.2. The number of fused-ring (bicyclic) bond motifs is 1. The van der Waals surface area contributed by atoms with Crippen LogP contribution in [0.4, 0.5) is 0 Å². The van der Waals surface area contributed by atoms with Crippen LogP contribution in [0, 0.1) is 0 Å². The molecule has 15 heavy (non-hydrogen) atoms. The van der Waals surface area contributed by atoms with Gasteiger partial charge in [0.05, 0.1) is 10.2 Å². The zero-order chi connectivity index (χ0) is 11.8. The zero-order valence-corrected chi connectivity index (χ0v) is 10.9. The first-order chi connectivity index (χ1) is 7.29. The van der Waals surface area contributed by atoms with E-state index in [-0.39, 0.29) is 4.87 Å². The van der Waals surface area contributed by atoms with Gasteiger partial charge in [0.15, 0.2) is 0 Å². The third-order valence-electron chi connectivity index (χ3n) is 1.70. The third-order valence-corrected chi connectivity index (χ3v) is 2.71.